The first-order valence-electron chi connectivity index (χ1n) is 8.64. The Balaban J connectivity index is 0. The standard InChI is InChI=1S/C17H36N4O2.HI/c1-8-19-16(21-12-17(5,6)15(22)18-7)20-11-10-14(13(3)4)23-9-2;/h13-14H,8-12H2,1-7H3,(H,18,22)(H2,19,20,21);1H. The van der Waals surface area contributed by atoms with Crippen LogP contribution in [0.25, 0.3) is 0 Å². The molecule has 0 aromatic rings. The highest BCUT2D eigenvalue weighted by Gasteiger charge is 2.26. The summed E-state index contributed by atoms with van der Waals surface area (Å²) in [6.45, 7) is 14.9. The lowest BCUT2D eigenvalue weighted by molar-refractivity contribution is -0.128. The molecule has 0 spiro atoms. The Bertz CT molecular complexity index is 374. The molecular formula is C17H37IN4O2. The number of hydrogen-bond acceptors (Lipinski definition) is 3. The number of amides is 1. The zero-order valence-electron chi connectivity index (χ0n) is 16.4. The van der Waals surface area contributed by atoms with Crippen molar-refractivity contribution in [1.29, 1.82) is 0 Å². The van der Waals surface area contributed by atoms with Crippen LogP contribution in [0, 0.1) is 11.3 Å². The van der Waals surface area contributed by atoms with E-state index in [0.29, 0.717) is 12.5 Å². The molecule has 0 aliphatic carbocycles. The molecule has 0 aromatic carbocycles. The number of carbonyl (C=O) groups is 1. The third-order valence-corrected chi connectivity index (χ3v) is 3.66. The van der Waals surface area contributed by atoms with Gasteiger partial charge in [0.15, 0.2) is 5.96 Å². The monoisotopic (exact) mass is 456 g/mol. The van der Waals surface area contributed by atoms with E-state index >= 15 is 0 Å². The summed E-state index contributed by atoms with van der Waals surface area (Å²) in [6, 6.07) is 0. The largest absolute Gasteiger partial charge is 0.378 e. The molecule has 1 unspecified atom stereocenters. The van der Waals surface area contributed by atoms with Crippen molar-refractivity contribution in [3.63, 3.8) is 0 Å². The first-order chi connectivity index (χ1) is 10.8. The van der Waals surface area contributed by atoms with E-state index in [1.54, 1.807) is 7.05 Å². The summed E-state index contributed by atoms with van der Waals surface area (Å²) < 4.78 is 5.75. The van der Waals surface area contributed by atoms with Crippen LogP contribution in [0.2, 0.25) is 0 Å². The van der Waals surface area contributed by atoms with Crippen molar-refractivity contribution in [1.82, 2.24) is 16.0 Å². The average Bonchev–Trinajstić information content (AvgIpc) is 2.50. The molecule has 0 aliphatic heterocycles. The van der Waals surface area contributed by atoms with Gasteiger partial charge in [-0.05, 0) is 40.0 Å². The highest BCUT2D eigenvalue weighted by Crippen LogP contribution is 2.15. The Morgan fingerprint density at radius 2 is 1.83 bits per heavy atom. The number of nitrogens with zero attached hydrogens (tertiary/aromatic N) is 1. The number of rotatable bonds is 10. The van der Waals surface area contributed by atoms with Gasteiger partial charge in [0.25, 0.3) is 0 Å². The van der Waals surface area contributed by atoms with Crippen LogP contribution in [-0.2, 0) is 9.53 Å². The van der Waals surface area contributed by atoms with E-state index in [4.69, 9.17) is 4.74 Å². The minimum atomic E-state index is -0.525. The summed E-state index contributed by atoms with van der Waals surface area (Å²) in [5, 5.41) is 9.21. The molecule has 1 amide bonds. The first-order valence-corrected chi connectivity index (χ1v) is 8.64. The molecule has 0 bridgehead atoms. The molecule has 0 fully saturated rings. The van der Waals surface area contributed by atoms with Gasteiger partial charge in [-0.15, -0.1) is 24.0 Å². The van der Waals surface area contributed by atoms with Crippen molar-refractivity contribution < 1.29 is 9.53 Å². The van der Waals surface area contributed by atoms with Gasteiger partial charge in [-0.3, -0.25) is 9.79 Å². The molecule has 144 valence electrons. The quantitative estimate of drug-likeness (QED) is 0.268. The molecule has 0 rings (SSSR count). The smallest absolute Gasteiger partial charge is 0.227 e. The lowest BCUT2D eigenvalue weighted by atomic mass is 9.93. The summed E-state index contributed by atoms with van der Waals surface area (Å²) in [5.74, 6) is 1.22. The molecule has 0 aromatic heterocycles. The number of nitrogens with one attached hydrogen (secondary N) is 3. The van der Waals surface area contributed by atoms with Crippen molar-refractivity contribution in [2.75, 3.05) is 33.3 Å². The van der Waals surface area contributed by atoms with Crippen LogP contribution in [0.1, 0.15) is 48.0 Å². The summed E-state index contributed by atoms with van der Waals surface area (Å²) in [5.41, 5.74) is -0.525. The lowest BCUT2D eigenvalue weighted by Crippen LogP contribution is -2.42. The van der Waals surface area contributed by atoms with Gasteiger partial charge in [-0.1, -0.05) is 13.8 Å². The molecule has 6 nitrogen and oxygen atoms in total. The SMILES string of the molecule is CCNC(=NCC(C)(C)C(=O)NC)NCCC(OCC)C(C)C.I. The predicted molar refractivity (Wildman–Crippen MR) is 112 cm³/mol. The molecular weight excluding hydrogens is 419 g/mol. The lowest BCUT2D eigenvalue weighted by Gasteiger charge is -2.23. The van der Waals surface area contributed by atoms with Crippen LogP contribution in [0.4, 0.5) is 0 Å². The van der Waals surface area contributed by atoms with Gasteiger partial charge >= 0.3 is 0 Å². The van der Waals surface area contributed by atoms with Crippen LogP contribution < -0.4 is 16.0 Å². The number of ether oxygens (including phenoxy) is 1. The van der Waals surface area contributed by atoms with E-state index in [-0.39, 0.29) is 36.0 Å². The number of guanidine groups is 1. The second kappa shape index (κ2) is 13.7. The van der Waals surface area contributed by atoms with E-state index in [9.17, 15) is 4.79 Å². The third-order valence-electron chi connectivity index (χ3n) is 3.66. The second-order valence-electron chi connectivity index (χ2n) is 6.61. The fraction of sp³-hybridized carbons (Fsp3) is 0.882. The Morgan fingerprint density at radius 1 is 1.21 bits per heavy atom. The fourth-order valence-corrected chi connectivity index (χ4v) is 2.18. The molecule has 1 atom stereocenters. The van der Waals surface area contributed by atoms with Gasteiger partial charge in [0.2, 0.25) is 5.91 Å². The Hall–Kier alpha value is -0.570. The number of halogens is 1. The Kier molecular flexibility index (Phi) is 14.6. The van der Waals surface area contributed by atoms with E-state index in [1.807, 2.05) is 27.7 Å². The number of carbonyl (C=O) groups excluding carboxylic acids is 1. The van der Waals surface area contributed by atoms with Crippen molar-refractivity contribution in [2.24, 2.45) is 16.3 Å². The summed E-state index contributed by atoms with van der Waals surface area (Å²) in [6.07, 6.45) is 1.17. The van der Waals surface area contributed by atoms with Gasteiger partial charge < -0.3 is 20.7 Å². The summed E-state index contributed by atoms with van der Waals surface area (Å²) in [4.78, 5) is 16.4. The average molecular weight is 456 g/mol. The zero-order chi connectivity index (χ0) is 17.9. The third kappa shape index (κ3) is 10.3. The molecule has 0 heterocycles. The van der Waals surface area contributed by atoms with Crippen LogP contribution in [0.3, 0.4) is 0 Å². The fourth-order valence-electron chi connectivity index (χ4n) is 2.18. The maximum absolute atomic E-state index is 11.8. The van der Waals surface area contributed by atoms with Gasteiger partial charge in [0.05, 0.1) is 18.1 Å². The van der Waals surface area contributed by atoms with E-state index in [0.717, 1.165) is 32.1 Å². The first kappa shape index (κ1) is 25.7. The number of hydrogen-bond donors (Lipinski definition) is 3. The highest BCUT2D eigenvalue weighted by molar-refractivity contribution is 14.0. The van der Waals surface area contributed by atoms with E-state index < -0.39 is 5.41 Å². The van der Waals surface area contributed by atoms with Crippen LogP contribution >= 0.6 is 24.0 Å². The van der Waals surface area contributed by atoms with E-state index in [2.05, 4.69) is 34.8 Å². The normalized spacial score (nSPS) is 13.2. The molecule has 0 saturated carbocycles. The van der Waals surface area contributed by atoms with E-state index in [1.165, 1.54) is 0 Å². The minimum absolute atomic E-state index is 0. The van der Waals surface area contributed by atoms with Crippen LogP contribution in [-0.4, -0.2) is 51.3 Å². The predicted octanol–water partition coefficient (Wildman–Crippen LogP) is 2.38. The molecule has 0 saturated heterocycles. The van der Waals surface area contributed by atoms with Crippen LogP contribution in [0.15, 0.2) is 4.99 Å². The Labute approximate surface area is 165 Å². The Morgan fingerprint density at radius 3 is 2.29 bits per heavy atom. The maximum atomic E-state index is 11.8. The topological polar surface area (TPSA) is 74.8 Å². The summed E-state index contributed by atoms with van der Waals surface area (Å²) >= 11 is 0. The number of aliphatic imine (C=N–C) groups is 1. The van der Waals surface area contributed by atoms with Crippen LogP contribution in [0.5, 0.6) is 0 Å². The van der Waals surface area contributed by atoms with Crippen molar-refractivity contribution in [2.45, 2.75) is 54.1 Å². The highest BCUT2D eigenvalue weighted by atomic mass is 127. The second-order valence-corrected chi connectivity index (χ2v) is 6.61. The van der Waals surface area contributed by atoms with Crippen molar-refractivity contribution >= 4 is 35.8 Å². The molecule has 24 heavy (non-hydrogen) atoms. The van der Waals surface area contributed by atoms with Gasteiger partial charge in [-0.25, -0.2) is 0 Å². The molecule has 0 radical (unpaired) electrons. The summed E-state index contributed by atoms with van der Waals surface area (Å²) in [7, 11) is 1.65. The molecule has 0 aliphatic rings. The van der Waals surface area contributed by atoms with Gasteiger partial charge in [0.1, 0.15) is 0 Å². The zero-order valence-corrected chi connectivity index (χ0v) is 18.7. The van der Waals surface area contributed by atoms with Gasteiger partial charge in [-0.2, -0.15) is 0 Å². The van der Waals surface area contributed by atoms with Crippen molar-refractivity contribution in [3.05, 3.63) is 0 Å². The molecule has 3 N–H and O–H groups in total. The molecule has 7 heteroatoms. The van der Waals surface area contributed by atoms with Gasteiger partial charge in [0, 0.05) is 26.7 Å². The van der Waals surface area contributed by atoms with Crippen molar-refractivity contribution in [3.8, 4) is 0 Å². The maximum Gasteiger partial charge on any atom is 0.227 e. The minimum Gasteiger partial charge on any atom is -0.378 e.